The van der Waals surface area contributed by atoms with Gasteiger partial charge in [0.1, 0.15) is 0 Å². The van der Waals surface area contributed by atoms with Crippen LogP contribution in [0.3, 0.4) is 0 Å². The Kier molecular flexibility index (Phi) is 4.08. The van der Waals surface area contributed by atoms with Crippen LogP contribution in [0.2, 0.25) is 5.02 Å². The van der Waals surface area contributed by atoms with Crippen LogP contribution in [0.5, 0.6) is 0 Å². The van der Waals surface area contributed by atoms with E-state index < -0.39 is 0 Å². The van der Waals surface area contributed by atoms with Crippen molar-refractivity contribution in [3.05, 3.63) is 34.9 Å². The van der Waals surface area contributed by atoms with Gasteiger partial charge in [-0.2, -0.15) is 0 Å². The zero-order valence-corrected chi connectivity index (χ0v) is 11.3. The summed E-state index contributed by atoms with van der Waals surface area (Å²) in [5.41, 5.74) is 1.21. The van der Waals surface area contributed by atoms with Crippen LogP contribution in [0, 0.1) is 0 Å². The van der Waals surface area contributed by atoms with Gasteiger partial charge in [0, 0.05) is 17.7 Å². The maximum Gasteiger partial charge on any atom is 0.0810 e. The van der Waals surface area contributed by atoms with Crippen molar-refractivity contribution in [2.24, 2.45) is 0 Å². The SMILES string of the molecule is CNC(Cc1cccc(Cl)c1)C1(C)CCCO1. The van der Waals surface area contributed by atoms with E-state index in [0.29, 0.717) is 6.04 Å². The van der Waals surface area contributed by atoms with Crippen LogP contribution in [0.1, 0.15) is 25.3 Å². The second-order valence-corrected chi connectivity index (χ2v) is 5.38. The molecule has 1 aliphatic rings. The average Bonchev–Trinajstić information content (AvgIpc) is 2.74. The molecule has 0 bridgehead atoms. The summed E-state index contributed by atoms with van der Waals surface area (Å²) in [6.07, 6.45) is 3.23. The van der Waals surface area contributed by atoms with Gasteiger partial charge in [0.15, 0.2) is 0 Å². The van der Waals surface area contributed by atoms with E-state index in [9.17, 15) is 0 Å². The predicted molar refractivity (Wildman–Crippen MR) is 71.6 cm³/mol. The second kappa shape index (κ2) is 5.38. The minimum atomic E-state index is -0.0446. The van der Waals surface area contributed by atoms with Gasteiger partial charge in [0.25, 0.3) is 0 Å². The number of ether oxygens (including phenoxy) is 1. The second-order valence-electron chi connectivity index (χ2n) is 4.94. The standard InChI is InChI=1S/C14H20ClNO/c1-14(7-4-8-17-14)13(16-2)10-11-5-3-6-12(15)9-11/h3,5-6,9,13,16H,4,7-8,10H2,1-2H3. The van der Waals surface area contributed by atoms with Gasteiger partial charge in [-0.1, -0.05) is 23.7 Å². The first-order valence-electron chi connectivity index (χ1n) is 6.20. The molecular formula is C14H20ClNO. The fraction of sp³-hybridized carbons (Fsp3) is 0.571. The highest BCUT2D eigenvalue weighted by atomic mass is 35.5. The highest BCUT2D eigenvalue weighted by molar-refractivity contribution is 6.30. The van der Waals surface area contributed by atoms with E-state index in [1.54, 1.807) is 0 Å². The van der Waals surface area contributed by atoms with Gasteiger partial charge in [-0.3, -0.25) is 0 Å². The van der Waals surface area contributed by atoms with Crippen molar-refractivity contribution in [2.75, 3.05) is 13.7 Å². The molecule has 0 amide bonds. The van der Waals surface area contributed by atoms with Gasteiger partial charge >= 0.3 is 0 Å². The van der Waals surface area contributed by atoms with E-state index in [2.05, 4.69) is 18.3 Å². The summed E-state index contributed by atoms with van der Waals surface area (Å²) in [5.74, 6) is 0. The summed E-state index contributed by atoms with van der Waals surface area (Å²) in [6.45, 7) is 3.08. The Morgan fingerprint density at radius 1 is 1.53 bits per heavy atom. The quantitative estimate of drug-likeness (QED) is 0.891. The average molecular weight is 254 g/mol. The Bertz CT molecular complexity index is 374. The molecule has 0 saturated carbocycles. The minimum absolute atomic E-state index is 0.0446. The van der Waals surface area contributed by atoms with Gasteiger partial charge < -0.3 is 10.1 Å². The van der Waals surface area contributed by atoms with Crippen molar-refractivity contribution in [1.29, 1.82) is 0 Å². The fourth-order valence-electron chi connectivity index (χ4n) is 2.60. The van der Waals surface area contributed by atoms with E-state index in [0.717, 1.165) is 30.9 Å². The van der Waals surface area contributed by atoms with Crippen molar-refractivity contribution in [3.8, 4) is 0 Å². The topological polar surface area (TPSA) is 21.3 Å². The van der Waals surface area contributed by atoms with Crippen LogP contribution in [0.25, 0.3) is 0 Å². The maximum absolute atomic E-state index is 6.01. The Labute approximate surface area is 108 Å². The highest BCUT2D eigenvalue weighted by Crippen LogP contribution is 2.30. The maximum atomic E-state index is 6.01. The van der Waals surface area contributed by atoms with Gasteiger partial charge in [0.2, 0.25) is 0 Å². The number of benzene rings is 1. The lowest BCUT2D eigenvalue weighted by atomic mass is 9.88. The van der Waals surface area contributed by atoms with Gasteiger partial charge in [-0.25, -0.2) is 0 Å². The number of likely N-dealkylation sites (N-methyl/N-ethyl adjacent to an activating group) is 1. The normalized spacial score (nSPS) is 26.1. The van der Waals surface area contributed by atoms with Crippen molar-refractivity contribution < 1.29 is 4.74 Å². The number of rotatable bonds is 4. The molecule has 1 aliphatic heterocycles. The number of hydrogen-bond acceptors (Lipinski definition) is 2. The van der Waals surface area contributed by atoms with Crippen molar-refractivity contribution in [3.63, 3.8) is 0 Å². The molecule has 1 fully saturated rings. The van der Waals surface area contributed by atoms with E-state index in [-0.39, 0.29) is 5.60 Å². The zero-order valence-electron chi connectivity index (χ0n) is 10.5. The molecule has 0 radical (unpaired) electrons. The third-order valence-electron chi connectivity index (χ3n) is 3.66. The third kappa shape index (κ3) is 3.01. The fourth-order valence-corrected chi connectivity index (χ4v) is 2.81. The first-order valence-corrected chi connectivity index (χ1v) is 6.57. The summed E-state index contributed by atoms with van der Waals surface area (Å²) in [5, 5.41) is 4.19. The van der Waals surface area contributed by atoms with Crippen LogP contribution in [-0.4, -0.2) is 25.3 Å². The lowest BCUT2D eigenvalue weighted by Crippen LogP contribution is -2.48. The van der Waals surface area contributed by atoms with E-state index in [4.69, 9.17) is 16.3 Å². The minimum Gasteiger partial charge on any atom is -0.374 e. The zero-order chi connectivity index (χ0) is 12.3. The van der Waals surface area contributed by atoms with Crippen molar-refractivity contribution >= 4 is 11.6 Å². The number of hydrogen-bond donors (Lipinski definition) is 1. The molecule has 2 nitrogen and oxygen atoms in total. The summed E-state index contributed by atoms with van der Waals surface area (Å²) >= 11 is 6.01. The Hall–Kier alpha value is -0.570. The Morgan fingerprint density at radius 3 is 2.94 bits per heavy atom. The van der Waals surface area contributed by atoms with E-state index in [1.807, 2.05) is 25.2 Å². The van der Waals surface area contributed by atoms with E-state index >= 15 is 0 Å². The molecule has 2 unspecified atom stereocenters. The van der Waals surface area contributed by atoms with E-state index in [1.165, 1.54) is 5.56 Å². The smallest absolute Gasteiger partial charge is 0.0810 e. The summed E-state index contributed by atoms with van der Waals surface area (Å²) in [6, 6.07) is 8.40. The lowest BCUT2D eigenvalue weighted by Gasteiger charge is -2.33. The molecule has 1 saturated heterocycles. The van der Waals surface area contributed by atoms with Crippen LogP contribution in [-0.2, 0) is 11.2 Å². The molecule has 3 heteroatoms. The van der Waals surface area contributed by atoms with Gasteiger partial charge in [-0.15, -0.1) is 0 Å². The molecule has 1 heterocycles. The molecule has 1 aromatic rings. The largest absolute Gasteiger partial charge is 0.374 e. The third-order valence-corrected chi connectivity index (χ3v) is 3.90. The molecule has 94 valence electrons. The molecule has 2 atom stereocenters. The van der Waals surface area contributed by atoms with Gasteiger partial charge in [0.05, 0.1) is 5.60 Å². The lowest BCUT2D eigenvalue weighted by molar-refractivity contribution is -0.00943. The van der Waals surface area contributed by atoms with Crippen molar-refractivity contribution in [2.45, 2.75) is 37.8 Å². The summed E-state index contributed by atoms with van der Waals surface area (Å²) in [4.78, 5) is 0. The molecule has 1 N–H and O–H groups in total. The summed E-state index contributed by atoms with van der Waals surface area (Å²) < 4.78 is 5.90. The molecule has 0 spiro atoms. The van der Waals surface area contributed by atoms with Crippen molar-refractivity contribution in [1.82, 2.24) is 5.32 Å². The first-order chi connectivity index (χ1) is 8.14. The molecule has 0 aliphatic carbocycles. The van der Waals surface area contributed by atoms with Crippen LogP contribution in [0.4, 0.5) is 0 Å². The molecule has 0 aromatic heterocycles. The summed E-state index contributed by atoms with van der Waals surface area (Å²) in [7, 11) is 2.00. The monoisotopic (exact) mass is 253 g/mol. The first kappa shape index (κ1) is 12.9. The molecule has 17 heavy (non-hydrogen) atoms. The highest BCUT2D eigenvalue weighted by Gasteiger charge is 2.37. The number of halogens is 1. The number of nitrogens with one attached hydrogen (secondary N) is 1. The van der Waals surface area contributed by atoms with Gasteiger partial charge in [-0.05, 0) is 50.9 Å². The van der Waals surface area contributed by atoms with Crippen LogP contribution >= 0.6 is 11.6 Å². The molecular weight excluding hydrogens is 234 g/mol. The predicted octanol–water partition coefficient (Wildman–Crippen LogP) is 3.04. The molecule has 1 aromatic carbocycles. The van der Waals surface area contributed by atoms with Crippen LogP contribution < -0.4 is 5.32 Å². The molecule has 2 rings (SSSR count). The van der Waals surface area contributed by atoms with Crippen LogP contribution in [0.15, 0.2) is 24.3 Å². The Morgan fingerprint density at radius 2 is 2.35 bits per heavy atom. The Balaban J connectivity index is 2.09.